The van der Waals surface area contributed by atoms with E-state index < -0.39 is 18.0 Å². The normalized spacial score (nSPS) is 19.5. The first-order chi connectivity index (χ1) is 21.0. The van der Waals surface area contributed by atoms with Crippen molar-refractivity contribution in [1.29, 1.82) is 0 Å². The third-order valence-corrected chi connectivity index (χ3v) is 8.52. The monoisotopic (exact) mass is 605 g/mol. The minimum absolute atomic E-state index is 0.0130. The van der Waals surface area contributed by atoms with E-state index in [1.165, 1.54) is 10.5 Å². The third kappa shape index (κ3) is 8.37. The number of carbonyl (C=O) groups is 4. The van der Waals surface area contributed by atoms with Gasteiger partial charge in [-0.2, -0.15) is 0 Å². The largest absolute Gasteiger partial charge is 0.483 e. The van der Waals surface area contributed by atoms with E-state index in [0.29, 0.717) is 32.5 Å². The van der Waals surface area contributed by atoms with Gasteiger partial charge in [0.05, 0.1) is 5.56 Å². The second-order valence-electron chi connectivity index (χ2n) is 12.5. The second-order valence-corrected chi connectivity index (χ2v) is 12.5. The highest BCUT2D eigenvalue weighted by Crippen LogP contribution is 2.25. The number of amides is 4. The molecule has 44 heavy (non-hydrogen) atoms. The average molecular weight is 606 g/mol. The van der Waals surface area contributed by atoms with E-state index >= 15 is 0 Å². The second kappa shape index (κ2) is 15.2. The van der Waals surface area contributed by atoms with Crippen LogP contribution in [0.25, 0.3) is 0 Å². The predicted molar refractivity (Wildman–Crippen MR) is 169 cm³/mol. The smallest absolute Gasteiger partial charge is 0.259 e. The van der Waals surface area contributed by atoms with Crippen LogP contribution in [0.3, 0.4) is 0 Å². The topological polar surface area (TPSA) is 102 Å². The van der Waals surface area contributed by atoms with E-state index in [1.807, 2.05) is 36.9 Å². The molecule has 2 aliphatic heterocycles. The number of likely N-dealkylation sites (N-methyl/N-ethyl adjacent to an activating group) is 2. The lowest BCUT2D eigenvalue weighted by Crippen LogP contribution is -2.59. The Labute approximate surface area is 261 Å². The molecule has 238 valence electrons. The summed E-state index contributed by atoms with van der Waals surface area (Å²) in [6, 6.07) is 15.9. The standard InChI is InChI=1S/C34H47N5O5/c1-24(2)20-28(35-32(41)27-14-9-10-16-30(27)44-23-31(40)36(3)4)33(42)39-17-11-15-29(39)34(43)38-19-18-37(5)26(22-38)21-25-12-7-6-8-13-25/h6-10,12-14,16,24,26,28-29H,11,15,17-23H2,1-5H3,(H,35,41)/t26-,28+,29+/m0/s1. The number of ether oxygens (including phenoxy) is 1. The zero-order valence-electron chi connectivity index (χ0n) is 26.7. The molecular weight excluding hydrogens is 558 g/mol. The van der Waals surface area contributed by atoms with Crippen LogP contribution in [-0.2, 0) is 20.8 Å². The Morgan fingerprint density at radius 3 is 2.39 bits per heavy atom. The van der Waals surface area contributed by atoms with Crippen LogP contribution in [0.2, 0.25) is 0 Å². The molecule has 2 heterocycles. The number of hydrogen-bond acceptors (Lipinski definition) is 6. The Morgan fingerprint density at radius 1 is 0.977 bits per heavy atom. The van der Waals surface area contributed by atoms with E-state index in [9.17, 15) is 19.2 Å². The average Bonchev–Trinajstić information content (AvgIpc) is 3.50. The Bertz CT molecular complexity index is 1300. The van der Waals surface area contributed by atoms with Gasteiger partial charge in [0, 0.05) is 46.3 Å². The SMILES string of the molecule is CC(C)C[C@@H](NC(=O)c1ccccc1OCC(=O)N(C)C)C(=O)N1CCC[C@@H]1C(=O)N1CCN(C)[C@@H](Cc2ccccc2)C1. The van der Waals surface area contributed by atoms with E-state index in [-0.39, 0.29) is 47.6 Å². The summed E-state index contributed by atoms with van der Waals surface area (Å²) in [6.07, 6.45) is 2.63. The number of para-hydroxylation sites is 1. The van der Waals surface area contributed by atoms with Gasteiger partial charge in [0.15, 0.2) is 6.61 Å². The number of piperazine rings is 1. The number of hydrogen-bond donors (Lipinski definition) is 1. The molecular formula is C34H47N5O5. The van der Waals surface area contributed by atoms with Crippen molar-refractivity contribution >= 4 is 23.6 Å². The highest BCUT2D eigenvalue weighted by Gasteiger charge is 2.41. The van der Waals surface area contributed by atoms with Crippen LogP contribution in [0.1, 0.15) is 49.0 Å². The van der Waals surface area contributed by atoms with Crippen LogP contribution in [0.4, 0.5) is 0 Å². The quantitative estimate of drug-likeness (QED) is 0.423. The lowest BCUT2D eigenvalue weighted by molar-refractivity contribution is -0.146. The fourth-order valence-electron chi connectivity index (χ4n) is 5.93. The van der Waals surface area contributed by atoms with Crippen LogP contribution in [0.15, 0.2) is 54.6 Å². The molecule has 0 unspecified atom stereocenters. The minimum atomic E-state index is -0.800. The zero-order valence-corrected chi connectivity index (χ0v) is 26.7. The molecule has 2 aliphatic rings. The van der Waals surface area contributed by atoms with Gasteiger partial charge in [-0.1, -0.05) is 56.3 Å². The lowest BCUT2D eigenvalue weighted by atomic mass is 10.0. The summed E-state index contributed by atoms with van der Waals surface area (Å²) in [6.45, 7) is 6.28. The molecule has 4 amide bonds. The number of rotatable bonds is 11. The Kier molecular flexibility index (Phi) is 11.4. The van der Waals surface area contributed by atoms with Gasteiger partial charge in [-0.3, -0.25) is 24.1 Å². The first kappa shape index (κ1) is 33.0. The zero-order chi connectivity index (χ0) is 31.8. The molecule has 10 heteroatoms. The molecule has 1 N–H and O–H groups in total. The first-order valence-electron chi connectivity index (χ1n) is 15.6. The summed E-state index contributed by atoms with van der Waals surface area (Å²) >= 11 is 0. The van der Waals surface area contributed by atoms with Crippen molar-refractivity contribution in [3.05, 3.63) is 65.7 Å². The number of likely N-dealkylation sites (tertiary alicyclic amines) is 1. The summed E-state index contributed by atoms with van der Waals surface area (Å²) in [7, 11) is 5.37. The van der Waals surface area contributed by atoms with Gasteiger partial charge in [0.2, 0.25) is 11.8 Å². The first-order valence-corrected chi connectivity index (χ1v) is 15.6. The van der Waals surface area contributed by atoms with Crippen molar-refractivity contribution in [2.45, 2.75) is 57.7 Å². The molecule has 2 fully saturated rings. The van der Waals surface area contributed by atoms with Gasteiger partial charge in [-0.25, -0.2) is 0 Å². The molecule has 0 radical (unpaired) electrons. The Morgan fingerprint density at radius 2 is 1.68 bits per heavy atom. The Hall–Kier alpha value is -3.92. The van der Waals surface area contributed by atoms with Crippen molar-refractivity contribution in [1.82, 2.24) is 24.9 Å². The third-order valence-electron chi connectivity index (χ3n) is 8.52. The highest BCUT2D eigenvalue weighted by atomic mass is 16.5. The molecule has 2 saturated heterocycles. The van der Waals surface area contributed by atoms with E-state index in [4.69, 9.17) is 4.74 Å². The summed E-state index contributed by atoms with van der Waals surface area (Å²) < 4.78 is 5.67. The van der Waals surface area contributed by atoms with Gasteiger partial charge in [-0.15, -0.1) is 0 Å². The van der Waals surface area contributed by atoms with E-state index in [1.54, 1.807) is 43.3 Å². The van der Waals surface area contributed by atoms with E-state index in [0.717, 1.165) is 19.4 Å². The maximum atomic E-state index is 14.0. The molecule has 0 spiro atoms. The van der Waals surface area contributed by atoms with Gasteiger partial charge < -0.3 is 24.8 Å². The van der Waals surface area contributed by atoms with Crippen molar-refractivity contribution in [3.63, 3.8) is 0 Å². The van der Waals surface area contributed by atoms with Crippen LogP contribution < -0.4 is 10.1 Å². The summed E-state index contributed by atoms with van der Waals surface area (Å²) in [5.74, 6) is -0.543. The fraction of sp³-hybridized carbons (Fsp3) is 0.529. The maximum Gasteiger partial charge on any atom is 0.259 e. The summed E-state index contributed by atoms with van der Waals surface area (Å²) in [5.41, 5.74) is 1.48. The van der Waals surface area contributed by atoms with Crippen molar-refractivity contribution in [2.24, 2.45) is 5.92 Å². The van der Waals surface area contributed by atoms with Crippen molar-refractivity contribution in [3.8, 4) is 5.75 Å². The number of nitrogens with zero attached hydrogens (tertiary/aromatic N) is 4. The van der Waals surface area contributed by atoms with Crippen LogP contribution in [-0.4, -0.2) is 115 Å². The number of carbonyl (C=O) groups excluding carboxylic acids is 4. The molecule has 3 atom stereocenters. The number of benzene rings is 2. The van der Waals surface area contributed by atoms with Crippen molar-refractivity contribution in [2.75, 3.05) is 53.9 Å². The molecule has 10 nitrogen and oxygen atoms in total. The molecule has 0 aromatic heterocycles. The van der Waals surface area contributed by atoms with Gasteiger partial charge in [0.25, 0.3) is 11.8 Å². The van der Waals surface area contributed by atoms with Gasteiger partial charge >= 0.3 is 0 Å². The van der Waals surface area contributed by atoms with Gasteiger partial charge in [-0.05, 0) is 56.3 Å². The van der Waals surface area contributed by atoms with Crippen LogP contribution >= 0.6 is 0 Å². The summed E-state index contributed by atoms with van der Waals surface area (Å²) in [5, 5.41) is 2.93. The maximum absolute atomic E-state index is 14.0. The summed E-state index contributed by atoms with van der Waals surface area (Å²) in [4.78, 5) is 60.8. The highest BCUT2D eigenvalue weighted by molar-refractivity contribution is 6.00. The molecule has 0 aliphatic carbocycles. The molecule has 2 aromatic rings. The minimum Gasteiger partial charge on any atom is -0.483 e. The van der Waals surface area contributed by atoms with Crippen molar-refractivity contribution < 1.29 is 23.9 Å². The van der Waals surface area contributed by atoms with Crippen LogP contribution in [0, 0.1) is 5.92 Å². The lowest BCUT2D eigenvalue weighted by Gasteiger charge is -2.41. The number of nitrogens with one attached hydrogen (secondary N) is 1. The Balaban J connectivity index is 1.45. The molecule has 0 bridgehead atoms. The van der Waals surface area contributed by atoms with E-state index in [2.05, 4.69) is 29.4 Å². The van der Waals surface area contributed by atoms with Crippen LogP contribution in [0.5, 0.6) is 5.75 Å². The molecule has 4 rings (SSSR count). The predicted octanol–water partition coefficient (Wildman–Crippen LogP) is 2.67. The fourth-order valence-corrected chi connectivity index (χ4v) is 5.93. The molecule has 2 aromatic carbocycles. The molecule has 0 saturated carbocycles. The van der Waals surface area contributed by atoms with Gasteiger partial charge in [0.1, 0.15) is 17.8 Å².